The number of nitrogens with zero attached hydrogens (tertiary/aromatic N) is 3. The number of nitrogens with one attached hydrogen (secondary N) is 1. The number of ether oxygens (including phenoxy) is 1. The zero-order valence-corrected chi connectivity index (χ0v) is 16.5. The van der Waals surface area contributed by atoms with E-state index in [1.165, 1.54) is 31.0 Å². The first-order chi connectivity index (χ1) is 13.2. The fourth-order valence-electron chi connectivity index (χ4n) is 3.10. The average Bonchev–Trinajstić information content (AvgIpc) is 2.70. The minimum Gasteiger partial charge on any atom is -0.437 e. The van der Waals surface area contributed by atoms with E-state index < -0.39 is 0 Å². The number of thioether (sulfide) groups is 1. The van der Waals surface area contributed by atoms with Gasteiger partial charge < -0.3 is 10.1 Å². The van der Waals surface area contributed by atoms with Crippen LogP contribution in [0.3, 0.4) is 0 Å². The molecule has 0 bridgehead atoms. The molecule has 27 heavy (non-hydrogen) atoms. The summed E-state index contributed by atoms with van der Waals surface area (Å²) in [5, 5.41) is 3.61. The first kappa shape index (κ1) is 19.6. The molecule has 1 aromatic carbocycles. The Morgan fingerprint density at radius 3 is 2.89 bits per heavy atom. The number of aromatic nitrogens is 2. The lowest BCUT2D eigenvalue weighted by molar-refractivity contribution is -0.118. The fourth-order valence-corrected chi connectivity index (χ4v) is 3.82. The summed E-state index contributed by atoms with van der Waals surface area (Å²) < 4.78 is 5.78. The third kappa shape index (κ3) is 6.22. The van der Waals surface area contributed by atoms with Gasteiger partial charge >= 0.3 is 0 Å². The topological polar surface area (TPSA) is 67.4 Å². The van der Waals surface area contributed by atoms with Gasteiger partial charge in [0, 0.05) is 31.5 Å². The minimum atomic E-state index is 0.000904. The van der Waals surface area contributed by atoms with E-state index in [1.807, 2.05) is 30.3 Å². The molecule has 1 saturated heterocycles. The van der Waals surface area contributed by atoms with Crippen LogP contribution < -0.4 is 10.1 Å². The van der Waals surface area contributed by atoms with Crippen LogP contribution in [-0.2, 0) is 4.79 Å². The Kier molecular flexibility index (Phi) is 7.47. The standard InChI is InChI=1S/C20H26N4O2S/c1-16-7-5-6-13-24(16)14-12-21-18(25)15-27-20-19(22-10-11-23-20)26-17-8-3-2-4-9-17/h2-4,8-11,16H,5-7,12-15H2,1H3,(H,21,25)/t16-/m0/s1. The van der Waals surface area contributed by atoms with Gasteiger partial charge in [0.05, 0.1) is 5.75 Å². The van der Waals surface area contributed by atoms with E-state index in [-0.39, 0.29) is 5.91 Å². The summed E-state index contributed by atoms with van der Waals surface area (Å²) in [5.41, 5.74) is 0. The number of para-hydroxylation sites is 1. The number of rotatable bonds is 8. The van der Waals surface area contributed by atoms with Gasteiger partial charge in [-0.25, -0.2) is 9.97 Å². The molecule has 0 radical (unpaired) electrons. The molecule has 1 aliphatic heterocycles. The van der Waals surface area contributed by atoms with Crippen molar-refractivity contribution >= 4 is 17.7 Å². The van der Waals surface area contributed by atoms with Crippen molar-refractivity contribution < 1.29 is 9.53 Å². The monoisotopic (exact) mass is 386 g/mol. The van der Waals surface area contributed by atoms with Crippen molar-refractivity contribution in [3.8, 4) is 11.6 Å². The molecule has 2 heterocycles. The maximum Gasteiger partial charge on any atom is 0.252 e. The van der Waals surface area contributed by atoms with E-state index in [2.05, 4.69) is 27.1 Å². The third-order valence-corrected chi connectivity index (χ3v) is 5.55. The van der Waals surface area contributed by atoms with Crippen molar-refractivity contribution in [1.82, 2.24) is 20.2 Å². The van der Waals surface area contributed by atoms with Crippen LogP contribution in [0.15, 0.2) is 47.8 Å². The average molecular weight is 387 g/mol. The summed E-state index contributed by atoms with van der Waals surface area (Å²) in [6, 6.07) is 10.1. The van der Waals surface area contributed by atoms with Crippen molar-refractivity contribution in [3.05, 3.63) is 42.7 Å². The predicted molar refractivity (Wildman–Crippen MR) is 107 cm³/mol. The molecule has 144 valence electrons. The Morgan fingerprint density at radius 2 is 2.07 bits per heavy atom. The summed E-state index contributed by atoms with van der Waals surface area (Å²) in [7, 11) is 0. The smallest absolute Gasteiger partial charge is 0.252 e. The lowest BCUT2D eigenvalue weighted by Crippen LogP contribution is -2.42. The Morgan fingerprint density at radius 1 is 1.26 bits per heavy atom. The maximum atomic E-state index is 12.2. The molecule has 7 heteroatoms. The number of piperidine rings is 1. The van der Waals surface area contributed by atoms with Crippen molar-refractivity contribution in [2.45, 2.75) is 37.3 Å². The molecule has 6 nitrogen and oxygen atoms in total. The lowest BCUT2D eigenvalue weighted by Gasteiger charge is -2.33. The molecule has 0 spiro atoms. The predicted octanol–water partition coefficient (Wildman–Crippen LogP) is 3.35. The van der Waals surface area contributed by atoms with Crippen molar-refractivity contribution in [2.75, 3.05) is 25.4 Å². The molecule has 1 aliphatic rings. The number of amides is 1. The van der Waals surface area contributed by atoms with Gasteiger partial charge in [-0.15, -0.1) is 0 Å². The summed E-state index contributed by atoms with van der Waals surface area (Å²) >= 11 is 1.34. The van der Waals surface area contributed by atoms with Gasteiger partial charge in [-0.2, -0.15) is 0 Å². The Bertz CT molecular complexity index is 729. The van der Waals surface area contributed by atoms with E-state index in [0.29, 0.717) is 35.0 Å². The third-order valence-electron chi connectivity index (χ3n) is 4.59. The molecule has 1 atom stereocenters. The molecule has 2 aromatic rings. The lowest BCUT2D eigenvalue weighted by atomic mass is 10.0. The van der Waals surface area contributed by atoms with Crippen molar-refractivity contribution in [3.63, 3.8) is 0 Å². The highest BCUT2D eigenvalue weighted by atomic mass is 32.2. The van der Waals surface area contributed by atoms with Gasteiger partial charge in [-0.3, -0.25) is 9.69 Å². The second kappa shape index (κ2) is 10.3. The SMILES string of the molecule is C[C@H]1CCCCN1CCNC(=O)CSc1nccnc1Oc1ccccc1. The van der Waals surface area contributed by atoms with Crippen LogP contribution in [0.25, 0.3) is 0 Å². The Hall–Kier alpha value is -2.12. The first-order valence-corrected chi connectivity index (χ1v) is 10.4. The fraction of sp³-hybridized carbons (Fsp3) is 0.450. The highest BCUT2D eigenvalue weighted by molar-refractivity contribution is 8.00. The number of carbonyl (C=O) groups excluding carboxylic acids is 1. The van der Waals surface area contributed by atoms with E-state index in [1.54, 1.807) is 12.4 Å². The highest BCUT2D eigenvalue weighted by Crippen LogP contribution is 2.28. The van der Waals surface area contributed by atoms with Crippen LogP contribution in [0, 0.1) is 0 Å². The number of hydrogen-bond donors (Lipinski definition) is 1. The number of benzene rings is 1. The summed E-state index contributed by atoms with van der Waals surface area (Å²) in [6.07, 6.45) is 7.01. The Labute approximate surface area is 164 Å². The number of hydrogen-bond acceptors (Lipinski definition) is 6. The molecular formula is C20H26N4O2S. The maximum absolute atomic E-state index is 12.2. The summed E-state index contributed by atoms with van der Waals surface area (Å²) in [5.74, 6) is 1.41. The van der Waals surface area contributed by atoms with Gasteiger partial charge in [0.25, 0.3) is 5.88 Å². The van der Waals surface area contributed by atoms with Gasteiger partial charge in [-0.1, -0.05) is 36.4 Å². The normalized spacial score (nSPS) is 17.4. The number of likely N-dealkylation sites (tertiary alicyclic amines) is 1. The molecule has 0 unspecified atom stereocenters. The van der Waals surface area contributed by atoms with Crippen LogP contribution in [0.5, 0.6) is 11.6 Å². The van der Waals surface area contributed by atoms with Crippen LogP contribution in [0.2, 0.25) is 0 Å². The van der Waals surface area contributed by atoms with Gasteiger partial charge in [0.1, 0.15) is 5.75 Å². The summed E-state index contributed by atoms with van der Waals surface area (Å²) in [4.78, 5) is 23.2. The van der Waals surface area contributed by atoms with E-state index in [4.69, 9.17) is 4.74 Å². The molecule has 1 N–H and O–H groups in total. The van der Waals surface area contributed by atoms with Gasteiger partial charge in [0.15, 0.2) is 5.03 Å². The molecule has 0 aliphatic carbocycles. The minimum absolute atomic E-state index is 0.000904. The van der Waals surface area contributed by atoms with E-state index >= 15 is 0 Å². The van der Waals surface area contributed by atoms with Crippen molar-refractivity contribution in [1.29, 1.82) is 0 Å². The van der Waals surface area contributed by atoms with E-state index in [9.17, 15) is 4.79 Å². The molecular weight excluding hydrogens is 360 g/mol. The summed E-state index contributed by atoms with van der Waals surface area (Å²) in [6.45, 7) is 4.98. The molecule has 1 amide bonds. The number of carbonyl (C=O) groups is 1. The van der Waals surface area contributed by atoms with Crippen LogP contribution in [0.1, 0.15) is 26.2 Å². The molecule has 1 fully saturated rings. The largest absolute Gasteiger partial charge is 0.437 e. The van der Waals surface area contributed by atoms with Gasteiger partial charge in [0.2, 0.25) is 5.91 Å². The van der Waals surface area contributed by atoms with E-state index in [0.717, 1.165) is 13.1 Å². The second-order valence-corrected chi connectivity index (χ2v) is 7.57. The van der Waals surface area contributed by atoms with Crippen LogP contribution in [-0.4, -0.2) is 52.2 Å². The van der Waals surface area contributed by atoms with Crippen LogP contribution in [0.4, 0.5) is 0 Å². The van der Waals surface area contributed by atoms with Gasteiger partial charge in [-0.05, 0) is 38.4 Å². The quantitative estimate of drug-likeness (QED) is 0.702. The molecule has 3 rings (SSSR count). The first-order valence-electron chi connectivity index (χ1n) is 9.40. The molecule has 0 saturated carbocycles. The zero-order chi connectivity index (χ0) is 18.9. The second-order valence-electron chi connectivity index (χ2n) is 6.60. The van der Waals surface area contributed by atoms with Crippen molar-refractivity contribution in [2.24, 2.45) is 0 Å². The molecule has 1 aromatic heterocycles. The zero-order valence-electron chi connectivity index (χ0n) is 15.6. The van der Waals surface area contributed by atoms with Crippen LogP contribution >= 0.6 is 11.8 Å². The highest BCUT2D eigenvalue weighted by Gasteiger charge is 2.17. The Balaban J connectivity index is 1.44.